The molecule has 1 unspecified atom stereocenters. The molecule has 1 N–H and O–H groups in total. The van der Waals surface area contributed by atoms with E-state index in [4.69, 9.17) is 0 Å². The number of hydrogen-bond donors (Lipinski definition) is 1. The lowest BCUT2D eigenvalue weighted by molar-refractivity contribution is 0.599. The summed E-state index contributed by atoms with van der Waals surface area (Å²) in [6.45, 7) is 1.95. The van der Waals surface area contributed by atoms with Crippen LogP contribution in [-0.4, -0.2) is 0 Å². The van der Waals surface area contributed by atoms with Gasteiger partial charge in [-0.2, -0.15) is 0 Å². The van der Waals surface area contributed by atoms with E-state index in [-0.39, 0.29) is 11.9 Å². The second-order valence-electron chi connectivity index (χ2n) is 4.01. The summed E-state index contributed by atoms with van der Waals surface area (Å²) < 4.78 is 15.7. The molecular weight excluding hydrogens is 408 g/mol. The zero-order valence-electron chi connectivity index (χ0n) is 9.75. The third-order valence-electron chi connectivity index (χ3n) is 2.67. The molecule has 0 spiro atoms. The van der Waals surface area contributed by atoms with Gasteiger partial charge in [-0.05, 0) is 53.8 Å². The van der Waals surface area contributed by atoms with E-state index in [0.717, 1.165) is 13.7 Å². The van der Waals surface area contributed by atoms with Crippen molar-refractivity contribution >= 4 is 44.2 Å². The third kappa shape index (κ3) is 3.23. The van der Waals surface area contributed by atoms with Crippen LogP contribution in [0.4, 0.5) is 10.1 Å². The molecule has 2 rings (SSSR count). The molecule has 94 valence electrons. The predicted molar refractivity (Wildman–Crippen MR) is 85.3 cm³/mol. The van der Waals surface area contributed by atoms with Crippen LogP contribution in [0, 0.1) is 9.39 Å². The van der Waals surface area contributed by atoms with Crippen molar-refractivity contribution in [3.63, 3.8) is 0 Å². The first-order valence-corrected chi connectivity index (χ1v) is 7.41. The van der Waals surface area contributed by atoms with E-state index in [1.54, 1.807) is 6.07 Å². The highest BCUT2D eigenvalue weighted by Gasteiger charge is 2.11. The number of nitrogens with one attached hydrogen (secondary N) is 1. The molecule has 0 aromatic heterocycles. The molecular formula is C14H12BrFIN. The maximum atomic E-state index is 13.8. The second-order valence-corrected chi connectivity index (χ2v) is 6.09. The fourth-order valence-electron chi connectivity index (χ4n) is 1.74. The standard InChI is InChI=1S/C14H12BrFIN/c1-9(11-7-6-10(15)8-12(11)16)18-14-5-3-2-4-13(14)17/h2-9,18H,1H3. The van der Waals surface area contributed by atoms with Gasteiger partial charge in [-0.25, -0.2) is 4.39 Å². The van der Waals surface area contributed by atoms with Crippen molar-refractivity contribution in [2.24, 2.45) is 0 Å². The van der Waals surface area contributed by atoms with Gasteiger partial charge in [0.05, 0.1) is 6.04 Å². The third-order valence-corrected chi connectivity index (χ3v) is 4.11. The topological polar surface area (TPSA) is 12.0 Å². The van der Waals surface area contributed by atoms with Gasteiger partial charge in [-0.3, -0.25) is 0 Å². The number of hydrogen-bond acceptors (Lipinski definition) is 1. The Morgan fingerprint density at radius 3 is 2.61 bits per heavy atom. The van der Waals surface area contributed by atoms with E-state index in [0.29, 0.717) is 5.56 Å². The minimum Gasteiger partial charge on any atom is -0.378 e. The number of para-hydroxylation sites is 1. The maximum Gasteiger partial charge on any atom is 0.129 e. The number of halogens is 3. The molecule has 0 bridgehead atoms. The monoisotopic (exact) mass is 419 g/mol. The van der Waals surface area contributed by atoms with Crippen molar-refractivity contribution in [2.75, 3.05) is 5.32 Å². The van der Waals surface area contributed by atoms with Crippen LogP contribution in [-0.2, 0) is 0 Å². The van der Waals surface area contributed by atoms with Crippen LogP contribution in [0.15, 0.2) is 46.9 Å². The maximum absolute atomic E-state index is 13.8. The van der Waals surface area contributed by atoms with Crippen LogP contribution in [0.25, 0.3) is 0 Å². The smallest absolute Gasteiger partial charge is 0.129 e. The van der Waals surface area contributed by atoms with Crippen molar-refractivity contribution in [3.05, 3.63) is 61.9 Å². The molecule has 0 aliphatic rings. The van der Waals surface area contributed by atoms with Crippen molar-refractivity contribution in [2.45, 2.75) is 13.0 Å². The normalized spacial score (nSPS) is 12.2. The molecule has 0 amide bonds. The van der Waals surface area contributed by atoms with Crippen LogP contribution >= 0.6 is 38.5 Å². The Balaban J connectivity index is 2.22. The average Bonchev–Trinajstić information content (AvgIpc) is 2.32. The number of anilines is 1. The van der Waals surface area contributed by atoms with Gasteiger partial charge in [0, 0.05) is 19.3 Å². The largest absolute Gasteiger partial charge is 0.378 e. The van der Waals surface area contributed by atoms with Gasteiger partial charge in [-0.15, -0.1) is 0 Å². The van der Waals surface area contributed by atoms with Gasteiger partial charge in [-0.1, -0.05) is 34.1 Å². The number of benzene rings is 2. The Kier molecular flexibility index (Phi) is 4.61. The van der Waals surface area contributed by atoms with Crippen LogP contribution in [0.5, 0.6) is 0 Å². The highest BCUT2D eigenvalue weighted by molar-refractivity contribution is 14.1. The average molecular weight is 420 g/mol. The molecule has 4 heteroatoms. The zero-order valence-corrected chi connectivity index (χ0v) is 13.5. The van der Waals surface area contributed by atoms with Crippen LogP contribution in [0.3, 0.4) is 0 Å². The first-order chi connectivity index (χ1) is 8.58. The Morgan fingerprint density at radius 1 is 1.22 bits per heavy atom. The summed E-state index contributed by atoms with van der Waals surface area (Å²) in [5.41, 5.74) is 1.69. The van der Waals surface area contributed by atoms with Crippen LogP contribution < -0.4 is 5.32 Å². The summed E-state index contributed by atoms with van der Waals surface area (Å²) in [5.74, 6) is -0.199. The van der Waals surface area contributed by atoms with Gasteiger partial charge >= 0.3 is 0 Å². The Morgan fingerprint density at radius 2 is 1.94 bits per heavy atom. The van der Waals surface area contributed by atoms with Crippen molar-refractivity contribution in [3.8, 4) is 0 Å². The molecule has 0 saturated heterocycles. The Labute approximate surface area is 128 Å². The van der Waals surface area contributed by atoms with Gasteiger partial charge in [0.1, 0.15) is 5.82 Å². The fourth-order valence-corrected chi connectivity index (χ4v) is 2.62. The fraction of sp³-hybridized carbons (Fsp3) is 0.143. The highest BCUT2D eigenvalue weighted by Crippen LogP contribution is 2.26. The SMILES string of the molecule is CC(Nc1ccccc1I)c1ccc(Br)cc1F. The Hall–Kier alpha value is -0.620. The van der Waals surface area contributed by atoms with Gasteiger partial charge in [0.2, 0.25) is 0 Å². The predicted octanol–water partition coefficient (Wildman–Crippen LogP) is 5.37. The lowest BCUT2D eigenvalue weighted by Crippen LogP contribution is -2.09. The van der Waals surface area contributed by atoms with E-state index >= 15 is 0 Å². The van der Waals surface area contributed by atoms with Gasteiger partial charge in [0.15, 0.2) is 0 Å². The van der Waals surface area contributed by atoms with Crippen molar-refractivity contribution in [1.82, 2.24) is 0 Å². The molecule has 18 heavy (non-hydrogen) atoms. The van der Waals surface area contributed by atoms with E-state index in [9.17, 15) is 4.39 Å². The minimum absolute atomic E-state index is 0.0750. The van der Waals surface area contributed by atoms with E-state index in [1.165, 1.54) is 6.07 Å². The molecule has 0 heterocycles. The van der Waals surface area contributed by atoms with Crippen LogP contribution in [0.2, 0.25) is 0 Å². The molecule has 0 fully saturated rings. The summed E-state index contributed by atoms with van der Waals surface area (Å²) in [6, 6.07) is 13.0. The van der Waals surface area contributed by atoms with Crippen LogP contribution in [0.1, 0.15) is 18.5 Å². The van der Waals surface area contributed by atoms with Crippen molar-refractivity contribution in [1.29, 1.82) is 0 Å². The molecule has 0 aliphatic heterocycles. The lowest BCUT2D eigenvalue weighted by Gasteiger charge is -2.17. The summed E-state index contributed by atoms with van der Waals surface area (Å²) >= 11 is 5.53. The Bertz CT molecular complexity index is 559. The lowest BCUT2D eigenvalue weighted by atomic mass is 10.1. The summed E-state index contributed by atoms with van der Waals surface area (Å²) in [6.07, 6.45) is 0. The molecule has 2 aromatic rings. The molecule has 0 saturated carbocycles. The zero-order chi connectivity index (χ0) is 13.1. The van der Waals surface area contributed by atoms with Crippen molar-refractivity contribution < 1.29 is 4.39 Å². The molecule has 0 aliphatic carbocycles. The van der Waals surface area contributed by atoms with E-state index in [1.807, 2.05) is 37.3 Å². The first kappa shape index (κ1) is 13.8. The second kappa shape index (κ2) is 6.02. The molecule has 2 aromatic carbocycles. The van der Waals surface area contributed by atoms with E-state index in [2.05, 4.69) is 43.8 Å². The minimum atomic E-state index is -0.199. The van der Waals surface area contributed by atoms with Gasteiger partial charge < -0.3 is 5.32 Å². The van der Waals surface area contributed by atoms with E-state index < -0.39 is 0 Å². The summed E-state index contributed by atoms with van der Waals surface area (Å²) in [5, 5.41) is 3.32. The van der Waals surface area contributed by atoms with Gasteiger partial charge in [0.25, 0.3) is 0 Å². The first-order valence-electron chi connectivity index (χ1n) is 5.54. The molecule has 1 atom stereocenters. The molecule has 1 nitrogen and oxygen atoms in total. The number of rotatable bonds is 3. The quantitative estimate of drug-likeness (QED) is 0.660. The summed E-state index contributed by atoms with van der Waals surface area (Å²) in [4.78, 5) is 0. The molecule has 0 radical (unpaired) electrons. The summed E-state index contributed by atoms with van der Waals surface area (Å²) in [7, 11) is 0. The highest BCUT2D eigenvalue weighted by atomic mass is 127.